The van der Waals surface area contributed by atoms with Gasteiger partial charge in [0.25, 0.3) is 0 Å². The Bertz CT molecular complexity index is 688. The highest BCUT2D eigenvalue weighted by Crippen LogP contribution is 2.32. The van der Waals surface area contributed by atoms with Crippen LogP contribution in [0, 0.1) is 11.6 Å². The summed E-state index contributed by atoms with van der Waals surface area (Å²) in [5, 5.41) is 0.813. The summed E-state index contributed by atoms with van der Waals surface area (Å²) in [4.78, 5) is 9.21. The molecule has 0 bridgehead atoms. The van der Waals surface area contributed by atoms with Crippen molar-refractivity contribution in [1.29, 1.82) is 0 Å². The van der Waals surface area contributed by atoms with E-state index in [0.29, 0.717) is 10.2 Å². The molecule has 1 saturated heterocycles. The smallest absolute Gasteiger partial charge is 0.186 e. The molecule has 2 heterocycles. The lowest BCUT2D eigenvalue weighted by molar-refractivity contribution is 0.148. The molecule has 0 amide bonds. The van der Waals surface area contributed by atoms with E-state index in [9.17, 15) is 8.78 Å². The SMILES string of the molecule is Fc1cc(F)c2nc(N3CCN(C4CCCCC4)CC3)sc2c1. The number of benzene rings is 1. The third-order valence-corrected chi connectivity index (χ3v) is 6.14. The molecule has 124 valence electrons. The molecule has 0 unspecified atom stereocenters. The van der Waals surface area contributed by atoms with Crippen molar-refractivity contribution in [3.8, 4) is 0 Å². The molecule has 1 aromatic carbocycles. The first kappa shape index (κ1) is 15.3. The van der Waals surface area contributed by atoms with Crippen molar-refractivity contribution in [1.82, 2.24) is 9.88 Å². The molecule has 6 heteroatoms. The number of hydrogen-bond acceptors (Lipinski definition) is 4. The lowest BCUT2D eigenvalue weighted by Gasteiger charge is -2.40. The highest BCUT2D eigenvalue weighted by atomic mass is 32.1. The van der Waals surface area contributed by atoms with Crippen molar-refractivity contribution in [2.24, 2.45) is 0 Å². The van der Waals surface area contributed by atoms with Crippen LogP contribution in [0.4, 0.5) is 13.9 Å². The van der Waals surface area contributed by atoms with Gasteiger partial charge in [0.05, 0.1) is 4.70 Å². The molecule has 3 nitrogen and oxygen atoms in total. The van der Waals surface area contributed by atoms with Crippen LogP contribution in [0.5, 0.6) is 0 Å². The Hall–Kier alpha value is -1.27. The van der Waals surface area contributed by atoms with Gasteiger partial charge in [-0.15, -0.1) is 0 Å². The summed E-state index contributed by atoms with van der Waals surface area (Å²) in [6, 6.07) is 3.03. The van der Waals surface area contributed by atoms with E-state index in [2.05, 4.69) is 14.8 Å². The maximum atomic E-state index is 13.8. The molecule has 0 atom stereocenters. The third-order valence-electron chi connectivity index (χ3n) is 5.08. The number of hydrogen-bond donors (Lipinski definition) is 0. The first-order chi connectivity index (χ1) is 11.2. The van der Waals surface area contributed by atoms with Crippen LogP contribution in [-0.2, 0) is 0 Å². The monoisotopic (exact) mass is 337 g/mol. The number of rotatable bonds is 2. The van der Waals surface area contributed by atoms with Crippen molar-refractivity contribution in [3.63, 3.8) is 0 Å². The Kier molecular flexibility index (Phi) is 4.20. The molecule has 4 rings (SSSR count). The molecule has 1 saturated carbocycles. The predicted octanol–water partition coefficient (Wildman–Crippen LogP) is 4.03. The van der Waals surface area contributed by atoms with Crippen molar-refractivity contribution in [2.45, 2.75) is 38.1 Å². The molecule has 1 aromatic heterocycles. The third kappa shape index (κ3) is 3.06. The van der Waals surface area contributed by atoms with Gasteiger partial charge in [0.1, 0.15) is 11.3 Å². The Balaban J connectivity index is 1.46. The van der Waals surface area contributed by atoms with Crippen molar-refractivity contribution < 1.29 is 8.78 Å². The second kappa shape index (κ2) is 6.32. The topological polar surface area (TPSA) is 19.4 Å². The van der Waals surface area contributed by atoms with Gasteiger partial charge in [0.15, 0.2) is 10.9 Å². The van der Waals surface area contributed by atoms with Crippen LogP contribution in [0.1, 0.15) is 32.1 Å². The van der Waals surface area contributed by atoms with Gasteiger partial charge in [0.2, 0.25) is 0 Å². The number of anilines is 1. The fourth-order valence-electron chi connectivity index (χ4n) is 3.81. The van der Waals surface area contributed by atoms with E-state index in [-0.39, 0.29) is 0 Å². The highest BCUT2D eigenvalue weighted by molar-refractivity contribution is 7.22. The van der Waals surface area contributed by atoms with Gasteiger partial charge in [0, 0.05) is 38.3 Å². The largest absolute Gasteiger partial charge is 0.345 e. The molecular formula is C17H21F2N3S. The first-order valence-electron chi connectivity index (χ1n) is 8.45. The molecule has 0 radical (unpaired) electrons. The van der Waals surface area contributed by atoms with E-state index < -0.39 is 11.6 Å². The summed E-state index contributed by atoms with van der Waals surface area (Å²) in [6.45, 7) is 3.91. The molecule has 0 N–H and O–H groups in total. The van der Waals surface area contributed by atoms with Gasteiger partial charge in [-0.25, -0.2) is 13.8 Å². The predicted molar refractivity (Wildman–Crippen MR) is 90.2 cm³/mol. The minimum atomic E-state index is -0.566. The lowest BCUT2D eigenvalue weighted by atomic mass is 9.94. The van der Waals surface area contributed by atoms with Crippen LogP contribution in [0.2, 0.25) is 0 Å². The summed E-state index contributed by atoms with van der Waals surface area (Å²) in [5.41, 5.74) is 0.293. The number of piperazine rings is 1. The Morgan fingerprint density at radius 2 is 1.74 bits per heavy atom. The quantitative estimate of drug-likeness (QED) is 0.825. The minimum absolute atomic E-state index is 0.293. The number of nitrogens with zero attached hydrogens (tertiary/aromatic N) is 3. The zero-order chi connectivity index (χ0) is 15.8. The van der Waals surface area contributed by atoms with E-state index in [1.54, 1.807) is 0 Å². The molecule has 1 aliphatic heterocycles. The second-order valence-electron chi connectivity index (χ2n) is 6.55. The van der Waals surface area contributed by atoms with Crippen molar-refractivity contribution >= 4 is 26.7 Å². The fraction of sp³-hybridized carbons (Fsp3) is 0.588. The molecule has 23 heavy (non-hydrogen) atoms. The van der Waals surface area contributed by atoms with Crippen molar-refractivity contribution in [3.05, 3.63) is 23.8 Å². The summed E-state index contributed by atoms with van der Waals surface area (Å²) >= 11 is 1.39. The van der Waals surface area contributed by atoms with Crippen molar-refractivity contribution in [2.75, 3.05) is 31.1 Å². The van der Waals surface area contributed by atoms with E-state index in [4.69, 9.17) is 0 Å². The number of fused-ring (bicyclic) bond motifs is 1. The van der Waals surface area contributed by atoms with Gasteiger partial charge in [-0.2, -0.15) is 0 Å². The number of thiazole rings is 1. The molecule has 2 fully saturated rings. The maximum Gasteiger partial charge on any atom is 0.186 e. The summed E-state index contributed by atoms with van der Waals surface area (Å²) in [6.07, 6.45) is 6.74. The average Bonchev–Trinajstić information content (AvgIpc) is 3.00. The van der Waals surface area contributed by atoms with Crippen LogP contribution in [0.3, 0.4) is 0 Å². The summed E-state index contributed by atoms with van der Waals surface area (Å²) in [7, 11) is 0. The molecular weight excluding hydrogens is 316 g/mol. The highest BCUT2D eigenvalue weighted by Gasteiger charge is 2.26. The summed E-state index contributed by atoms with van der Waals surface area (Å²) < 4.78 is 27.7. The van der Waals surface area contributed by atoms with E-state index >= 15 is 0 Å². The van der Waals surface area contributed by atoms with Gasteiger partial charge in [-0.3, -0.25) is 4.90 Å². The van der Waals surface area contributed by atoms with Gasteiger partial charge < -0.3 is 4.90 Å². The van der Waals surface area contributed by atoms with Gasteiger partial charge >= 0.3 is 0 Å². The van der Waals surface area contributed by atoms with Crippen LogP contribution in [0.25, 0.3) is 10.2 Å². The Morgan fingerprint density at radius 3 is 2.48 bits per heavy atom. The Morgan fingerprint density at radius 1 is 1.00 bits per heavy atom. The van der Waals surface area contributed by atoms with Gasteiger partial charge in [-0.05, 0) is 18.9 Å². The molecule has 0 spiro atoms. The van der Waals surface area contributed by atoms with Gasteiger partial charge in [-0.1, -0.05) is 30.6 Å². The zero-order valence-electron chi connectivity index (χ0n) is 13.1. The molecule has 2 aromatic rings. The number of halogens is 2. The molecule has 1 aliphatic carbocycles. The van der Waals surface area contributed by atoms with Crippen LogP contribution in [-0.4, -0.2) is 42.1 Å². The Labute approximate surface area is 138 Å². The normalized spacial score (nSPS) is 21.2. The van der Waals surface area contributed by atoms with Crippen LogP contribution in [0.15, 0.2) is 12.1 Å². The van der Waals surface area contributed by atoms with E-state index in [1.165, 1.54) is 49.5 Å². The number of aromatic nitrogens is 1. The van der Waals surface area contributed by atoms with Crippen LogP contribution < -0.4 is 4.90 Å². The standard InChI is InChI=1S/C17H21F2N3S/c18-12-10-14(19)16-15(11-12)23-17(20-16)22-8-6-21(7-9-22)13-4-2-1-3-5-13/h10-11,13H,1-9H2. The van der Waals surface area contributed by atoms with E-state index in [1.807, 2.05) is 0 Å². The second-order valence-corrected chi connectivity index (χ2v) is 7.55. The maximum absolute atomic E-state index is 13.8. The average molecular weight is 337 g/mol. The summed E-state index contributed by atoms with van der Waals surface area (Å²) in [5.74, 6) is -1.10. The fourth-order valence-corrected chi connectivity index (χ4v) is 4.86. The van der Waals surface area contributed by atoms with Crippen LogP contribution >= 0.6 is 11.3 Å². The zero-order valence-corrected chi connectivity index (χ0v) is 13.9. The lowest BCUT2D eigenvalue weighted by Crippen LogP contribution is -2.50. The minimum Gasteiger partial charge on any atom is -0.345 e. The molecule has 2 aliphatic rings. The van der Waals surface area contributed by atoms with E-state index in [0.717, 1.165) is 43.4 Å². The first-order valence-corrected chi connectivity index (χ1v) is 9.27.